The molecule has 0 atom stereocenters. The number of nitrogens with one attached hydrogen (secondary N) is 1. The van der Waals surface area contributed by atoms with Crippen molar-refractivity contribution in [2.75, 3.05) is 10.5 Å². The minimum absolute atomic E-state index is 0.0312. The predicted molar refractivity (Wildman–Crippen MR) is 73.2 cm³/mol. The first kappa shape index (κ1) is 13.3. The average molecular weight is 278 g/mol. The van der Waals surface area contributed by atoms with Crippen LogP contribution in [0.3, 0.4) is 0 Å². The zero-order chi connectivity index (χ0) is 14.0. The Kier molecular flexibility index (Phi) is 3.39. The summed E-state index contributed by atoms with van der Waals surface area (Å²) in [6.07, 6.45) is 2.92. The summed E-state index contributed by atoms with van der Waals surface area (Å²) in [6, 6.07) is 4.96. The normalized spacial score (nSPS) is 11.3. The molecule has 0 saturated heterocycles. The third-order valence-electron chi connectivity index (χ3n) is 2.70. The van der Waals surface area contributed by atoms with Gasteiger partial charge < -0.3 is 5.73 Å². The minimum Gasteiger partial charge on any atom is -0.398 e. The molecule has 1 aromatic carbocycles. The molecule has 3 N–H and O–H groups in total. The number of aromatic nitrogens is 2. The van der Waals surface area contributed by atoms with Crippen molar-refractivity contribution in [2.24, 2.45) is 0 Å². The number of rotatable bonds is 3. The Labute approximate surface area is 111 Å². The lowest BCUT2D eigenvalue weighted by Gasteiger charge is -2.13. The summed E-state index contributed by atoms with van der Waals surface area (Å²) in [7, 11) is -3.75. The Morgan fingerprint density at radius 3 is 2.42 bits per heavy atom. The van der Waals surface area contributed by atoms with Gasteiger partial charge in [0.1, 0.15) is 0 Å². The molecule has 0 fully saturated rings. The molecule has 19 heavy (non-hydrogen) atoms. The predicted octanol–water partition coefficient (Wildman–Crippen LogP) is 1.48. The number of nitrogens with two attached hydrogens (primary N) is 1. The SMILES string of the molecule is Cc1ccc(N)c(C)c1S(=O)(=O)Nc1ncccn1. The Bertz CT molecular complexity index is 699. The van der Waals surface area contributed by atoms with Gasteiger partial charge >= 0.3 is 0 Å². The summed E-state index contributed by atoms with van der Waals surface area (Å²) in [6.45, 7) is 3.38. The summed E-state index contributed by atoms with van der Waals surface area (Å²) in [4.78, 5) is 7.84. The lowest BCUT2D eigenvalue weighted by molar-refractivity contribution is 0.599. The van der Waals surface area contributed by atoms with E-state index in [0.717, 1.165) is 0 Å². The molecule has 2 rings (SSSR count). The van der Waals surface area contributed by atoms with E-state index in [0.29, 0.717) is 16.8 Å². The van der Waals surface area contributed by atoms with Crippen LogP contribution >= 0.6 is 0 Å². The van der Waals surface area contributed by atoms with Gasteiger partial charge in [0.25, 0.3) is 10.0 Å². The number of anilines is 2. The summed E-state index contributed by atoms with van der Waals surface area (Å²) in [5.41, 5.74) is 7.32. The number of benzene rings is 1. The molecule has 1 heterocycles. The standard InChI is InChI=1S/C12H14N4O2S/c1-8-4-5-10(13)9(2)11(8)19(17,18)16-12-14-6-3-7-15-12/h3-7H,13H2,1-2H3,(H,14,15,16). The molecule has 0 radical (unpaired) electrons. The first-order valence-corrected chi connectivity index (χ1v) is 7.05. The van der Waals surface area contributed by atoms with Crippen LogP contribution in [0, 0.1) is 13.8 Å². The van der Waals surface area contributed by atoms with Crippen LogP contribution in [0.25, 0.3) is 0 Å². The fourth-order valence-corrected chi connectivity index (χ4v) is 3.24. The van der Waals surface area contributed by atoms with Gasteiger partial charge in [-0.1, -0.05) is 6.07 Å². The molecule has 1 aromatic heterocycles. The summed E-state index contributed by atoms with van der Waals surface area (Å²) >= 11 is 0. The van der Waals surface area contributed by atoms with Crippen molar-refractivity contribution in [3.8, 4) is 0 Å². The average Bonchev–Trinajstić information content (AvgIpc) is 2.35. The molecule has 0 aliphatic rings. The number of hydrogen-bond donors (Lipinski definition) is 2. The first-order valence-electron chi connectivity index (χ1n) is 5.57. The molecule has 0 aliphatic heterocycles. The van der Waals surface area contributed by atoms with Crippen LogP contribution in [-0.4, -0.2) is 18.4 Å². The molecule has 100 valence electrons. The molecule has 0 unspecified atom stereocenters. The summed E-state index contributed by atoms with van der Waals surface area (Å²) in [5.74, 6) is 0.0312. The maximum Gasteiger partial charge on any atom is 0.264 e. The Morgan fingerprint density at radius 2 is 1.79 bits per heavy atom. The zero-order valence-corrected chi connectivity index (χ0v) is 11.4. The van der Waals surface area contributed by atoms with Gasteiger partial charge in [-0.3, -0.25) is 0 Å². The fraction of sp³-hybridized carbons (Fsp3) is 0.167. The van der Waals surface area contributed by atoms with Crippen LogP contribution in [-0.2, 0) is 10.0 Å². The molecule has 2 aromatic rings. The van der Waals surface area contributed by atoms with Crippen molar-refractivity contribution < 1.29 is 8.42 Å². The molecule has 7 heteroatoms. The number of nitrogen functional groups attached to an aromatic ring is 1. The van der Waals surface area contributed by atoms with Gasteiger partial charge in [0, 0.05) is 18.1 Å². The topological polar surface area (TPSA) is 98.0 Å². The van der Waals surface area contributed by atoms with E-state index in [-0.39, 0.29) is 10.8 Å². The Hall–Kier alpha value is -2.15. The van der Waals surface area contributed by atoms with Crippen molar-refractivity contribution in [1.29, 1.82) is 0 Å². The van der Waals surface area contributed by atoms with Gasteiger partial charge in [-0.2, -0.15) is 0 Å². The van der Waals surface area contributed by atoms with Crippen molar-refractivity contribution in [3.63, 3.8) is 0 Å². The number of aryl methyl sites for hydroxylation is 1. The number of nitrogens with zero attached hydrogens (tertiary/aromatic N) is 2. The van der Waals surface area contributed by atoms with E-state index in [4.69, 9.17) is 5.73 Å². The van der Waals surface area contributed by atoms with Crippen molar-refractivity contribution in [2.45, 2.75) is 18.7 Å². The van der Waals surface area contributed by atoms with E-state index in [1.165, 1.54) is 12.4 Å². The molecular formula is C12H14N4O2S. The molecular weight excluding hydrogens is 264 g/mol. The van der Waals surface area contributed by atoms with Crippen molar-refractivity contribution in [1.82, 2.24) is 9.97 Å². The van der Waals surface area contributed by atoms with E-state index in [1.54, 1.807) is 32.0 Å². The van der Waals surface area contributed by atoms with Crippen LogP contribution in [0.1, 0.15) is 11.1 Å². The van der Waals surface area contributed by atoms with Gasteiger partial charge in [-0.25, -0.2) is 23.1 Å². The fourth-order valence-electron chi connectivity index (χ4n) is 1.78. The summed E-state index contributed by atoms with van der Waals surface area (Å²) < 4.78 is 27.0. The first-order chi connectivity index (χ1) is 8.92. The highest BCUT2D eigenvalue weighted by molar-refractivity contribution is 7.92. The largest absolute Gasteiger partial charge is 0.398 e. The lowest BCUT2D eigenvalue weighted by atomic mass is 10.1. The van der Waals surface area contributed by atoms with Gasteiger partial charge in [0.05, 0.1) is 4.90 Å². The van der Waals surface area contributed by atoms with E-state index >= 15 is 0 Å². The third-order valence-corrected chi connectivity index (χ3v) is 4.32. The maximum atomic E-state index is 12.3. The molecule has 0 spiro atoms. The van der Waals surface area contributed by atoms with Crippen LogP contribution in [0.2, 0.25) is 0 Å². The van der Waals surface area contributed by atoms with E-state index < -0.39 is 10.0 Å². The molecule has 0 saturated carbocycles. The number of sulfonamides is 1. The minimum atomic E-state index is -3.75. The van der Waals surface area contributed by atoms with Crippen LogP contribution in [0.15, 0.2) is 35.5 Å². The van der Waals surface area contributed by atoms with Gasteiger partial charge in [-0.15, -0.1) is 0 Å². The second-order valence-corrected chi connectivity index (χ2v) is 5.72. The van der Waals surface area contributed by atoms with Gasteiger partial charge in [0.2, 0.25) is 5.95 Å². The monoisotopic (exact) mass is 278 g/mol. The highest BCUT2D eigenvalue weighted by Crippen LogP contribution is 2.25. The van der Waals surface area contributed by atoms with Crippen LogP contribution in [0.4, 0.5) is 11.6 Å². The Balaban J connectivity index is 2.49. The van der Waals surface area contributed by atoms with E-state index in [9.17, 15) is 8.42 Å². The highest BCUT2D eigenvalue weighted by Gasteiger charge is 2.21. The van der Waals surface area contributed by atoms with E-state index in [1.807, 2.05) is 0 Å². The summed E-state index contributed by atoms with van der Waals surface area (Å²) in [5, 5.41) is 0. The smallest absolute Gasteiger partial charge is 0.264 e. The maximum absolute atomic E-state index is 12.3. The van der Waals surface area contributed by atoms with Crippen LogP contribution < -0.4 is 10.5 Å². The number of hydrogen-bond acceptors (Lipinski definition) is 5. The van der Waals surface area contributed by atoms with E-state index in [2.05, 4.69) is 14.7 Å². The third kappa shape index (κ3) is 2.65. The molecule has 0 aliphatic carbocycles. The second-order valence-electron chi connectivity index (χ2n) is 4.10. The molecule has 6 nitrogen and oxygen atoms in total. The Morgan fingerprint density at radius 1 is 1.16 bits per heavy atom. The molecule has 0 bridgehead atoms. The second kappa shape index (κ2) is 4.85. The highest BCUT2D eigenvalue weighted by atomic mass is 32.2. The quantitative estimate of drug-likeness (QED) is 0.829. The van der Waals surface area contributed by atoms with Crippen molar-refractivity contribution in [3.05, 3.63) is 41.7 Å². The van der Waals surface area contributed by atoms with Gasteiger partial charge in [0.15, 0.2) is 0 Å². The van der Waals surface area contributed by atoms with Crippen LogP contribution in [0.5, 0.6) is 0 Å². The van der Waals surface area contributed by atoms with Gasteiger partial charge in [-0.05, 0) is 37.1 Å². The zero-order valence-electron chi connectivity index (χ0n) is 10.6. The lowest BCUT2D eigenvalue weighted by Crippen LogP contribution is -2.17. The van der Waals surface area contributed by atoms with Crippen molar-refractivity contribution >= 4 is 21.7 Å². The molecule has 0 amide bonds.